The Kier molecular flexibility index (Phi) is 4.26. The van der Waals surface area contributed by atoms with Crippen LogP contribution < -0.4 is 5.32 Å². The minimum Gasteiger partial charge on any atom is -0.333 e. The van der Waals surface area contributed by atoms with Crippen LogP contribution in [0.25, 0.3) is 21.0 Å². The molecular weight excluding hydrogens is 379 g/mol. The van der Waals surface area contributed by atoms with Gasteiger partial charge in [0.1, 0.15) is 6.54 Å². The molecule has 0 spiro atoms. The van der Waals surface area contributed by atoms with Crippen LogP contribution in [0.4, 0.5) is 18.3 Å². The number of alkyl halides is 3. The number of likely N-dealkylation sites (tertiary alicyclic amines) is 1. The van der Waals surface area contributed by atoms with E-state index in [1.54, 1.807) is 0 Å². The second kappa shape index (κ2) is 6.49. The molecule has 0 bridgehead atoms. The first-order valence-electron chi connectivity index (χ1n) is 8.24. The first kappa shape index (κ1) is 17.7. The van der Waals surface area contributed by atoms with Crippen molar-refractivity contribution in [1.82, 2.24) is 9.88 Å². The smallest absolute Gasteiger partial charge is 0.333 e. The highest BCUT2D eigenvalue weighted by molar-refractivity contribution is 7.22. The zero-order valence-electron chi connectivity index (χ0n) is 13.9. The quantitative estimate of drug-likeness (QED) is 0.736. The van der Waals surface area contributed by atoms with E-state index in [1.807, 2.05) is 36.4 Å². The van der Waals surface area contributed by atoms with Gasteiger partial charge in [-0.05, 0) is 11.5 Å². The molecule has 2 heterocycles. The number of aromatic nitrogens is 1. The van der Waals surface area contributed by atoms with Crippen molar-refractivity contribution in [2.24, 2.45) is 5.92 Å². The minimum atomic E-state index is -4.48. The number of carbonyl (C=O) groups is 2. The molecule has 2 aromatic carbocycles. The summed E-state index contributed by atoms with van der Waals surface area (Å²) in [6.07, 6.45) is -4.70. The summed E-state index contributed by atoms with van der Waals surface area (Å²) >= 11 is 1.29. The van der Waals surface area contributed by atoms with E-state index in [9.17, 15) is 22.8 Å². The normalized spacial score (nSPS) is 17.8. The van der Waals surface area contributed by atoms with Crippen LogP contribution in [0.1, 0.15) is 6.42 Å². The third-order valence-corrected chi connectivity index (χ3v) is 5.41. The Morgan fingerprint density at radius 2 is 2.04 bits per heavy atom. The number of benzene rings is 2. The number of thiazole rings is 1. The number of carbonyl (C=O) groups excluding carboxylic acids is 2. The molecule has 1 aliphatic heterocycles. The highest BCUT2D eigenvalue weighted by atomic mass is 32.1. The van der Waals surface area contributed by atoms with Crippen LogP contribution in [0.3, 0.4) is 0 Å². The lowest BCUT2D eigenvalue weighted by Crippen LogP contribution is -2.36. The molecule has 1 aromatic heterocycles. The molecule has 0 saturated carbocycles. The molecule has 0 aliphatic carbocycles. The molecule has 0 radical (unpaired) electrons. The third kappa shape index (κ3) is 3.59. The molecule has 140 valence electrons. The molecule has 1 unspecified atom stereocenters. The Balaban J connectivity index is 1.52. The maximum absolute atomic E-state index is 12.5. The summed E-state index contributed by atoms with van der Waals surface area (Å²) in [5.41, 5.74) is 0.759. The molecule has 5 nitrogen and oxygen atoms in total. The van der Waals surface area contributed by atoms with Crippen molar-refractivity contribution in [3.8, 4) is 0 Å². The molecule has 1 saturated heterocycles. The van der Waals surface area contributed by atoms with Crippen molar-refractivity contribution in [2.45, 2.75) is 12.6 Å². The first-order valence-corrected chi connectivity index (χ1v) is 9.05. The number of rotatable bonds is 3. The lowest BCUT2D eigenvalue weighted by atomic mass is 10.1. The molecule has 9 heteroatoms. The van der Waals surface area contributed by atoms with Gasteiger partial charge in [-0.1, -0.05) is 41.7 Å². The van der Waals surface area contributed by atoms with E-state index in [0.29, 0.717) is 10.0 Å². The van der Waals surface area contributed by atoms with Gasteiger partial charge in [0.05, 0.1) is 16.1 Å². The summed E-state index contributed by atoms with van der Waals surface area (Å²) in [7, 11) is 0. The average Bonchev–Trinajstić information content (AvgIpc) is 3.17. The van der Waals surface area contributed by atoms with Crippen molar-refractivity contribution in [3.63, 3.8) is 0 Å². The van der Waals surface area contributed by atoms with Crippen LogP contribution in [0.2, 0.25) is 0 Å². The predicted molar refractivity (Wildman–Crippen MR) is 96.5 cm³/mol. The van der Waals surface area contributed by atoms with Gasteiger partial charge in [-0.25, -0.2) is 4.98 Å². The van der Waals surface area contributed by atoms with Crippen molar-refractivity contribution >= 4 is 49.3 Å². The number of amides is 2. The van der Waals surface area contributed by atoms with Crippen LogP contribution in [-0.2, 0) is 9.59 Å². The highest BCUT2D eigenvalue weighted by Crippen LogP contribution is 2.32. The van der Waals surface area contributed by atoms with Crippen LogP contribution in [0.15, 0.2) is 36.4 Å². The first-order chi connectivity index (χ1) is 12.8. The largest absolute Gasteiger partial charge is 0.406 e. The average molecular weight is 393 g/mol. The Morgan fingerprint density at radius 3 is 2.81 bits per heavy atom. The fraction of sp³-hybridized carbons (Fsp3) is 0.278. The minimum absolute atomic E-state index is 0.226. The Bertz CT molecular complexity index is 1050. The van der Waals surface area contributed by atoms with Crippen molar-refractivity contribution in [3.05, 3.63) is 36.4 Å². The van der Waals surface area contributed by atoms with Gasteiger partial charge in [-0.3, -0.25) is 9.59 Å². The van der Waals surface area contributed by atoms with E-state index < -0.39 is 30.5 Å². The van der Waals surface area contributed by atoms with E-state index in [4.69, 9.17) is 0 Å². The summed E-state index contributed by atoms with van der Waals surface area (Å²) in [6.45, 7) is -1.57. The monoisotopic (exact) mass is 393 g/mol. The number of nitrogens with zero attached hydrogens (tertiary/aromatic N) is 2. The molecule has 1 N–H and O–H groups in total. The molecule has 3 aromatic rings. The van der Waals surface area contributed by atoms with Gasteiger partial charge in [-0.2, -0.15) is 13.2 Å². The predicted octanol–water partition coefficient (Wildman–Crippen LogP) is 3.80. The van der Waals surface area contributed by atoms with Crippen LogP contribution in [-0.4, -0.2) is 41.0 Å². The van der Waals surface area contributed by atoms with Gasteiger partial charge < -0.3 is 10.2 Å². The Hall–Kier alpha value is -2.68. The fourth-order valence-electron chi connectivity index (χ4n) is 3.24. The van der Waals surface area contributed by atoms with Crippen molar-refractivity contribution in [2.75, 3.05) is 18.4 Å². The topological polar surface area (TPSA) is 62.3 Å². The van der Waals surface area contributed by atoms with Gasteiger partial charge in [-0.15, -0.1) is 0 Å². The maximum atomic E-state index is 12.5. The van der Waals surface area contributed by atoms with E-state index in [1.165, 1.54) is 11.3 Å². The summed E-state index contributed by atoms with van der Waals surface area (Å²) < 4.78 is 38.4. The molecule has 1 aliphatic rings. The molecule has 4 rings (SSSR count). The van der Waals surface area contributed by atoms with Gasteiger partial charge in [0.15, 0.2) is 5.13 Å². The lowest BCUT2D eigenvalue weighted by molar-refractivity contribution is -0.157. The summed E-state index contributed by atoms with van der Waals surface area (Å²) in [4.78, 5) is 29.3. The zero-order valence-corrected chi connectivity index (χ0v) is 14.7. The summed E-state index contributed by atoms with van der Waals surface area (Å²) in [5, 5.41) is 5.00. The Morgan fingerprint density at radius 1 is 1.26 bits per heavy atom. The number of nitrogens with one attached hydrogen (secondary N) is 1. The maximum Gasteiger partial charge on any atom is 0.406 e. The fourth-order valence-corrected chi connectivity index (χ4v) is 4.12. The molecule has 27 heavy (non-hydrogen) atoms. The molecular formula is C18H14F3N3O2S. The van der Waals surface area contributed by atoms with E-state index in [2.05, 4.69) is 10.3 Å². The van der Waals surface area contributed by atoms with Gasteiger partial charge in [0.25, 0.3) is 0 Å². The number of hydrogen-bond donors (Lipinski definition) is 1. The van der Waals surface area contributed by atoms with Crippen LogP contribution in [0.5, 0.6) is 0 Å². The van der Waals surface area contributed by atoms with Crippen molar-refractivity contribution in [1.29, 1.82) is 0 Å². The number of fused-ring (bicyclic) bond motifs is 3. The SMILES string of the molecule is O=C(Nc1nc2c(ccc3ccccc32)s1)C1CC(=O)N(CC(F)(F)F)C1. The lowest BCUT2D eigenvalue weighted by Gasteiger charge is -2.18. The zero-order chi connectivity index (χ0) is 19.2. The van der Waals surface area contributed by atoms with Gasteiger partial charge >= 0.3 is 6.18 Å². The summed E-state index contributed by atoms with van der Waals surface area (Å²) in [5.74, 6) is -1.97. The van der Waals surface area contributed by atoms with Gasteiger partial charge in [0, 0.05) is 18.4 Å². The van der Waals surface area contributed by atoms with Crippen LogP contribution >= 0.6 is 11.3 Å². The van der Waals surface area contributed by atoms with Gasteiger partial charge in [0.2, 0.25) is 11.8 Å². The van der Waals surface area contributed by atoms with Crippen molar-refractivity contribution < 1.29 is 22.8 Å². The number of halogens is 3. The number of hydrogen-bond acceptors (Lipinski definition) is 4. The van der Waals surface area contributed by atoms with E-state index in [0.717, 1.165) is 21.0 Å². The third-order valence-electron chi connectivity index (χ3n) is 4.47. The van der Waals surface area contributed by atoms with E-state index >= 15 is 0 Å². The number of anilines is 1. The molecule has 2 amide bonds. The summed E-state index contributed by atoms with van der Waals surface area (Å²) in [6, 6.07) is 11.6. The second-order valence-electron chi connectivity index (χ2n) is 6.43. The van der Waals surface area contributed by atoms with Crippen LogP contribution in [0, 0.1) is 5.92 Å². The molecule has 1 fully saturated rings. The second-order valence-corrected chi connectivity index (χ2v) is 7.46. The molecule has 1 atom stereocenters. The highest BCUT2D eigenvalue weighted by Gasteiger charge is 2.40. The Labute approximate surface area is 155 Å². The standard InChI is InChI=1S/C18H14F3N3O2S/c19-18(20,21)9-24-8-11(7-14(24)25)16(26)23-17-22-15-12-4-2-1-3-10(12)5-6-13(15)27-17/h1-6,11H,7-9H2,(H,22,23,26). The van der Waals surface area contributed by atoms with E-state index in [-0.39, 0.29) is 13.0 Å².